The first-order valence-corrected chi connectivity index (χ1v) is 7.32. The third-order valence-corrected chi connectivity index (χ3v) is 3.37. The summed E-state index contributed by atoms with van der Waals surface area (Å²) < 4.78 is 13.0. The van der Waals surface area contributed by atoms with Gasteiger partial charge in [0.15, 0.2) is 0 Å². The molecule has 16 heavy (non-hydrogen) atoms. The fourth-order valence-electron chi connectivity index (χ4n) is 1.71. The zero-order valence-corrected chi connectivity index (χ0v) is 11.3. The molecule has 5 heteroatoms. The van der Waals surface area contributed by atoms with Crippen molar-refractivity contribution in [1.82, 2.24) is 15.1 Å². The van der Waals surface area contributed by atoms with Crippen molar-refractivity contribution in [1.29, 1.82) is 0 Å². The minimum absolute atomic E-state index is 0.270. The molecule has 2 atom stereocenters. The van der Waals surface area contributed by atoms with Crippen LogP contribution in [0.3, 0.4) is 0 Å². The summed E-state index contributed by atoms with van der Waals surface area (Å²) in [4.78, 5) is 0. The maximum Gasteiger partial charge on any atom is 0.0597 e. The van der Waals surface area contributed by atoms with E-state index in [2.05, 4.69) is 30.3 Å². The van der Waals surface area contributed by atoms with Crippen molar-refractivity contribution in [3.8, 4) is 0 Å². The zero-order chi connectivity index (χ0) is 12.1. The number of hydrogen-bond donors (Lipinski definition) is 1. The number of nitrogens with zero attached hydrogens (tertiary/aromatic N) is 2. The highest BCUT2D eigenvalue weighted by Crippen LogP contribution is 2.03. The van der Waals surface area contributed by atoms with Gasteiger partial charge in [-0.15, -0.1) is 0 Å². The Balaban J connectivity index is 2.50. The summed E-state index contributed by atoms with van der Waals surface area (Å²) in [6.07, 6.45) is 1.73. The van der Waals surface area contributed by atoms with Crippen LogP contribution in [0.25, 0.3) is 0 Å². The monoisotopic (exact) mass is 243 g/mol. The van der Waals surface area contributed by atoms with Crippen molar-refractivity contribution in [2.45, 2.75) is 39.9 Å². The van der Waals surface area contributed by atoms with E-state index in [1.807, 2.05) is 11.6 Å². The number of nitrogens with one attached hydrogen (secondary N) is 1. The minimum atomic E-state index is -0.740. The summed E-state index contributed by atoms with van der Waals surface area (Å²) in [5, 5.41) is 7.75. The van der Waals surface area contributed by atoms with E-state index in [1.165, 1.54) is 5.69 Å². The van der Waals surface area contributed by atoms with Crippen molar-refractivity contribution < 1.29 is 4.21 Å². The van der Waals surface area contributed by atoms with Crippen LogP contribution >= 0.6 is 0 Å². The molecule has 1 aromatic heterocycles. The van der Waals surface area contributed by atoms with Crippen LogP contribution in [0.4, 0.5) is 0 Å². The van der Waals surface area contributed by atoms with Gasteiger partial charge < -0.3 is 5.32 Å². The van der Waals surface area contributed by atoms with Crippen LogP contribution in [0.15, 0.2) is 6.07 Å². The maximum atomic E-state index is 11.0. The molecule has 1 rings (SSSR count). The summed E-state index contributed by atoms with van der Waals surface area (Å²) in [5.74, 6) is 0.694. The Bertz CT molecular complexity index is 362. The first-order chi connectivity index (χ1) is 7.52. The molecule has 2 unspecified atom stereocenters. The first-order valence-electron chi connectivity index (χ1n) is 5.59. The Hall–Kier alpha value is -0.680. The van der Waals surface area contributed by atoms with E-state index >= 15 is 0 Å². The normalized spacial score (nSPS) is 15.0. The van der Waals surface area contributed by atoms with E-state index in [9.17, 15) is 4.21 Å². The lowest BCUT2D eigenvalue weighted by atomic mass is 10.3. The van der Waals surface area contributed by atoms with Gasteiger partial charge in [-0.05, 0) is 26.8 Å². The second-order valence-corrected chi connectivity index (χ2v) is 5.59. The Morgan fingerprint density at radius 2 is 2.31 bits per heavy atom. The quantitative estimate of drug-likeness (QED) is 0.813. The van der Waals surface area contributed by atoms with Crippen molar-refractivity contribution >= 4 is 10.8 Å². The lowest BCUT2D eigenvalue weighted by Gasteiger charge is -2.12. The van der Waals surface area contributed by atoms with Crippen molar-refractivity contribution in [3.05, 3.63) is 17.5 Å². The molecule has 0 saturated carbocycles. The molecule has 0 aliphatic carbocycles. The van der Waals surface area contributed by atoms with E-state index in [1.54, 1.807) is 6.26 Å². The van der Waals surface area contributed by atoms with Gasteiger partial charge in [-0.2, -0.15) is 5.10 Å². The van der Waals surface area contributed by atoms with Crippen LogP contribution in [0, 0.1) is 6.92 Å². The Morgan fingerprint density at radius 3 is 2.88 bits per heavy atom. The highest BCUT2D eigenvalue weighted by Gasteiger charge is 2.07. The molecule has 0 fully saturated rings. The van der Waals surface area contributed by atoms with Crippen LogP contribution in [-0.4, -0.2) is 32.0 Å². The van der Waals surface area contributed by atoms with Crippen LogP contribution in [0.2, 0.25) is 0 Å². The van der Waals surface area contributed by atoms with E-state index in [4.69, 9.17) is 0 Å². The standard InChI is InChI=1S/C11H21N3OS/c1-5-14-11(6-9(2)13-14)7-12-10(3)8-16(4)15/h6,10,12H,5,7-8H2,1-4H3. The van der Waals surface area contributed by atoms with E-state index in [0.717, 1.165) is 18.8 Å². The van der Waals surface area contributed by atoms with Gasteiger partial charge in [0.05, 0.1) is 11.4 Å². The van der Waals surface area contributed by atoms with Crippen LogP contribution in [0.1, 0.15) is 25.2 Å². The maximum absolute atomic E-state index is 11.0. The summed E-state index contributed by atoms with van der Waals surface area (Å²) >= 11 is 0. The third-order valence-electron chi connectivity index (χ3n) is 2.40. The van der Waals surface area contributed by atoms with Gasteiger partial charge in [-0.3, -0.25) is 8.89 Å². The molecule has 1 aromatic rings. The lowest BCUT2D eigenvalue weighted by molar-refractivity contribution is 0.540. The molecule has 0 spiro atoms. The van der Waals surface area contributed by atoms with Crippen molar-refractivity contribution in [3.63, 3.8) is 0 Å². The van der Waals surface area contributed by atoms with Gasteiger partial charge in [0, 0.05) is 41.9 Å². The highest BCUT2D eigenvalue weighted by molar-refractivity contribution is 7.84. The molecule has 0 aliphatic heterocycles. The Kier molecular flexibility index (Phi) is 5.15. The predicted octanol–water partition coefficient (Wildman–Crippen LogP) is 1.07. The molecule has 4 nitrogen and oxygen atoms in total. The average molecular weight is 243 g/mol. The Labute approximate surface area is 99.9 Å². The van der Waals surface area contributed by atoms with Gasteiger partial charge in [-0.1, -0.05) is 0 Å². The van der Waals surface area contributed by atoms with Crippen LogP contribution in [-0.2, 0) is 23.9 Å². The number of aryl methyl sites for hydroxylation is 2. The highest BCUT2D eigenvalue weighted by atomic mass is 32.2. The average Bonchev–Trinajstić information content (AvgIpc) is 2.55. The summed E-state index contributed by atoms with van der Waals surface area (Å²) in [7, 11) is -0.740. The molecular formula is C11H21N3OS. The zero-order valence-electron chi connectivity index (χ0n) is 10.5. The van der Waals surface area contributed by atoms with E-state index in [-0.39, 0.29) is 6.04 Å². The van der Waals surface area contributed by atoms with Crippen LogP contribution < -0.4 is 5.32 Å². The van der Waals surface area contributed by atoms with Gasteiger partial charge in [0.25, 0.3) is 0 Å². The molecule has 1 heterocycles. The summed E-state index contributed by atoms with van der Waals surface area (Å²) in [5.41, 5.74) is 2.24. The second-order valence-electron chi connectivity index (χ2n) is 4.11. The first kappa shape index (κ1) is 13.4. The SMILES string of the molecule is CCn1nc(C)cc1CNC(C)CS(C)=O. The second kappa shape index (κ2) is 6.15. The van der Waals surface area contributed by atoms with Gasteiger partial charge >= 0.3 is 0 Å². The predicted molar refractivity (Wildman–Crippen MR) is 67.9 cm³/mol. The largest absolute Gasteiger partial charge is 0.308 e. The fourth-order valence-corrected chi connectivity index (χ4v) is 2.53. The topological polar surface area (TPSA) is 46.9 Å². The lowest BCUT2D eigenvalue weighted by Crippen LogP contribution is -2.31. The van der Waals surface area contributed by atoms with Gasteiger partial charge in [0.2, 0.25) is 0 Å². The summed E-state index contributed by atoms with van der Waals surface area (Å²) in [6.45, 7) is 7.81. The molecule has 0 aliphatic rings. The molecule has 1 N–H and O–H groups in total. The van der Waals surface area contributed by atoms with E-state index < -0.39 is 10.8 Å². The smallest absolute Gasteiger partial charge is 0.0597 e. The molecule has 0 saturated heterocycles. The Morgan fingerprint density at radius 1 is 1.62 bits per heavy atom. The van der Waals surface area contributed by atoms with Crippen molar-refractivity contribution in [2.24, 2.45) is 0 Å². The van der Waals surface area contributed by atoms with Gasteiger partial charge in [-0.25, -0.2) is 0 Å². The number of rotatable bonds is 6. The number of hydrogen-bond acceptors (Lipinski definition) is 3. The van der Waals surface area contributed by atoms with Crippen molar-refractivity contribution in [2.75, 3.05) is 12.0 Å². The molecule has 0 aromatic carbocycles. The van der Waals surface area contributed by atoms with Crippen LogP contribution in [0.5, 0.6) is 0 Å². The van der Waals surface area contributed by atoms with E-state index in [0.29, 0.717) is 5.75 Å². The molecule has 0 bridgehead atoms. The molecule has 0 amide bonds. The molecule has 92 valence electrons. The third kappa shape index (κ3) is 4.06. The molecule has 0 radical (unpaired) electrons. The fraction of sp³-hybridized carbons (Fsp3) is 0.727. The minimum Gasteiger partial charge on any atom is -0.308 e. The summed E-state index contributed by atoms with van der Waals surface area (Å²) in [6, 6.07) is 2.36. The van der Waals surface area contributed by atoms with Gasteiger partial charge in [0.1, 0.15) is 0 Å². The number of aromatic nitrogens is 2. The molecular weight excluding hydrogens is 222 g/mol.